The molecule has 1 aromatic heterocycles. The molecule has 0 amide bonds. The van der Waals surface area contributed by atoms with Crippen LogP contribution in [-0.4, -0.2) is 14.5 Å². The van der Waals surface area contributed by atoms with Crippen molar-refractivity contribution in [2.24, 2.45) is 0 Å². The maximum Gasteiger partial charge on any atom is 0.292 e. The molecular weight excluding hydrogens is 292 g/mol. The number of nitro groups is 1. The molecule has 1 N–H and O–H groups in total. The van der Waals surface area contributed by atoms with Gasteiger partial charge in [-0.05, 0) is 31.0 Å². The highest BCUT2D eigenvalue weighted by atomic mass is 16.6. The largest absolute Gasteiger partial charge is 0.372 e. The number of hydrogen-bond donors (Lipinski definition) is 1. The van der Waals surface area contributed by atoms with Gasteiger partial charge in [0.25, 0.3) is 5.69 Å². The molecule has 1 aliphatic carbocycles. The third-order valence-electron chi connectivity index (χ3n) is 4.12. The van der Waals surface area contributed by atoms with Gasteiger partial charge in [0, 0.05) is 12.1 Å². The summed E-state index contributed by atoms with van der Waals surface area (Å²) in [5.74, 6) is 0.923. The van der Waals surface area contributed by atoms with Crippen LogP contribution < -0.4 is 5.32 Å². The van der Waals surface area contributed by atoms with E-state index >= 15 is 0 Å². The summed E-state index contributed by atoms with van der Waals surface area (Å²) in [6.45, 7) is 0.468. The van der Waals surface area contributed by atoms with E-state index in [4.69, 9.17) is 4.98 Å². The van der Waals surface area contributed by atoms with Crippen LogP contribution in [0, 0.1) is 10.1 Å². The maximum absolute atomic E-state index is 11.1. The minimum atomic E-state index is -0.369. The lowest BCUT2D eigenvalue weighted by molar-refractivity contribution is -0.384. The second-order valence-corrected chi connectivity index (χ2v) is 5.75. The highest BCUT2D eigenvalue weighted by Gasteiger charge is 2.28. The third-order valence-corrected chi connectivity index (χ3v) is 4.12. The first-order valence-electron chi connectivity index (χ1n) is 7.67. The summed E-state index contributed by atoms with van der Waals surface area (Å²) in [6, 6.07) is 15.3. The Bertz CT molecular complexity index is 883. The number of hydrogen-bond acceptors (Lipinski definition) is 4. The summed E-state index contributed by atoms with van der Waals surface area (Å²) in [5.41, 5.74) is 2.71. The smallest absolute Gasteiger partial charge is 0.292 e. The molecule has 0 unspecified atom stereocenters. The Morgan fingerprint density at radius 3 is 2.70 bits per heavy atom. The molecule has 2 aromatic carbocycles. The van der Waals surface area contributed by atoms with Crippen LogP contribution >= 0.6 is 0 Å². The zero-order valence-corrected chi connectivity index (χ0v) is 12.5. The molecular formula is C17H16N4O2. The Kier molecular flexibility index (Phi) is 3.22. The van der Waals surface area contributed by atoms with Crippen molar-refractivity contribution in [3.8, 4) is 0 Å². The standard InChI is InChI=1S/C17H16N4O2/c22-21(23)16-8-4-1-5-13(16)18-11-17-19-14-6-2-3-7-15(14)20(17)12-9-10-12/h1-8,12,18H,9-11H2. The Hall–Kier alpha value is -2.89. The van der Waals surface area contributed by atoms with Crippen molar-refractivity contribution in [1.29, 1.82) is 0 Å². The van der Waals surface area contributed by atoms with Gasteiger partial charge in [-0.1, -0.05) is 24.3 Å². The Morgan fingerprint density at radius 1 is 1.17 bits per heavy atom. The summed E-state index contributed by atoms with van der Waals surface area (Å²) < 4.78 is 2.26. The van der Waals surface area contributed by atoms with Crippen molar-refractivity contribution in [2.75, 3.05) is 5.32 Å². The van der Waals surface area contributed by atoms with Crippen molar-refractivity contribution >= 4 is 22.4 Å². The zero-order chi connectivity index (χ0) is 15.8. The third kappa shape index (κ3) is 2.52. The van der Waals surface area contributed by atoms with Gasteiger partial charge in [0.2, 0.25) is 0 Å². The zero-order valence-electron chi connectivity index (χ0n) is 12.5. The Morgan fingerprint density at radius 2 is 1.91 bits per heavy atom. The lowest BCUT2D eigenvalue weighted by Crippen LogP contribution is -2.09. The number of para-hydroxylation sites is 4. The van der Waals surface area contributed by atoms with Crippen LogP contribution in [0.15, 0.2) is 48.5 Å². The monoisotopic (exact) mass is 308 g/mol. The maximum atomic E-state index is 11.1. The van der Waals surface area contributed by atoms with E-state index in [0.717, 1.165) is 16.9 Å². The first-order valence-corrected chi connectivity index (χ1v) is 7.67. The second kappa shape index (κ2) is 5.39. The lowest BCUT2D eigenvalue weighted by Gasteiger charge is -2.10. The fourth-order valence-electron chi connectivity index (χ4n) is 2.92. The van der Waals surface area contributed by atoms with Crippen LogP contribution in [0.25, 0.3) is 11.0 Å². The highest BCUT2D eigenvalue weighted by molar-refractivity contribution is 5.76. The number of aromatic nitrogens is 2. The summed E-state index contributed by atoms with van der Waals surface area (Å²) in [7, 11) is 0. The fourth-order valence-corrected chi connectivity index (χ4v) is 2.92. The molecule has 23 heavy (non-hydrogen) atoms. The van der Waals surface area contributed by atoms with E-state index in [1.54, 1.807) is 18.2 Å². The molecule has 6 nitrogen and oxygen atoms in total. The van der Waals surface area contributed by atoms with Gasteiger partial charge in [-0.25, -0.2) is 4.98 Å². The van der Waals surface area contributed by atoms with Crippen molar-refractivity contribution in [3.63, 3.8) is 0 Å². The van der Waals surface area contributed by atoms with Gasteiger partial charge in [-0.3, -0.25) is 10.1 Å². The molecule has 1 saturated carbocycles. The van der Waals surface area contributed by atoms with E-state index < -0.39 is 0 Å². The predicted octanol–water partition coefficient (Wildman–Crippen LogP) is 3.89. The van der Waals surface area contributed by atoms with Gasteiger partial charge in [0.1, 0.15) is 11.5 Å². The van der Waals surface area contributed by atoms with E-state index in [-0.39, 0.29) is 10.6 Å². The highest BCUT2D eigenvalue weighted by Crippen LogP contribution is 2.38. The van der Waals surface area contributed by atoms with Crippen LogP contribution in [0.1, 0.15) is 24.7 Å². The summed E-state index contributed by atoms with van der Waals surface area (Å²) in [6.07, 6.45) is 2.33. The topological polar surface area (TPSA) is 73.0 Å². The molecule has 0 spiro atoms. The molecule has 1 heterocycles. The molecule has 0 bridgehead atoms. The Balaban J connectivity index is 1.66. The average molecular weight is 308 g/mol. The molecule has 0 atom stereocenters. The minimum Gasteiger partial charge on any atom is -0.372 e. The number of imidazole rings is 1. The number of benzene rings is 2. The fraction of sp³-hybridized carbons (Fsp3) is 0.235. The summed E-state index contributed by atoms with van der Waals surface area (Å²) in [5, 5.41) is 14.3. The molecule has 116 valence electrons. The molecule has 0 aliphatic heterocycles. The lowest BCUT2D eigenvalue weighted by atomic mass is 10.2. The van der Waals surface area contributed by atoms with Crippen molar-refractivity contribution in [2.45, 2.75) is 25.4 Å². The van der Waals surface area contributed by atoms with Crippen molar-refractivity contribution < 1.29 is 4.92 Å². The van der Waals surface area contributed by atoms with E-state index in [2.05, 4.69) is 16.0 Å². The van der Waals surface area contributed by atoms with Crippen LogP contribution in [-0.2, 0) is 6.54 Å². The number of nitrogens with zero attached hydrogens (tertiary/aromatic N) is 3. The van der Waals surface area contributed by atoms with Crippen molar-refractivity contribution in [3.05, 3.63) is 64.5 Å². The van der Waals surface area contributed by atoms with Crippen LogP contribution in [0.3, 0.4) is 0 Å². The van der Waals surface area contributed by atoms with E-state index in [1.807, 2.05) is 18.2 Å². The van der Waals surface area contributed by atoms with Gasteiger partial charge < -0.3 is 9.88 Å². The second-order valence-electron chi connectivity index (χ2n) is 5.75. The number of nitrogens with one attached hydrogen (secondary N) is 1. The Labute approximate surface area is 132 Å². The van der Waals surface area contributed by atoms with E-state index in [0.29, 0.717) is 18.3 Å². The number of nitro benzene ring substituents is 1. The minimum absolute atomic E-state index is 0.0848. The van der Waals surface area contributed by atoms with E-state index in [1.165, 1.54) is 18.9 Å². The number of fused-ring (bicyclic) bond motifs is 1. The first-order chi connectivity index (χ1) is 11.2. The summed E-state index contributed by atoms with van der Waals surface area (Å²) >= 11 is 0. The molecule has 3 aromatic rings. The first kappa shape index (κ1) is 13.8. The number of anilines is 1. The number of rotatable bonds is 5. The summed E-state index contributed by atoms with van der Waals surface area (Å²) in [4.78, 5) is 15.4. The predicted molar refractivity (Wildman–Crippen MR) is 88.4 cm³/mol. The van der Waals surface area contributed by atoms with Crippen LogP contribution in [0.2, 0.25) is 0 Å². The van der Waals surface area contributed by atoms with Gasteiger partial charge in [0.05, 0.1) is 22.5 Å². The van der Waals surface area contributed by atoms with Gasteiger partial charge in [0.15, 0.2) is 0 Å². The quantitative estimate of drug-likeness (QED) is 0.573. The average Bonchev–Trinajstić information content (AvgIpc) is 3.33. The van der Waals surface area contributed by atoms with Crippen molar-refractivity contribution in [1.82, 2.24) is 9.55 Å². The van der Waals surface area contributed by atoms with Gasteiger partial charge >= 0.3 is 0 Å². The SMILES string of the molecule is O=[N+]([O-])c1ccccc1NCc1nc2ccccc2n1C1CC1. The normalized spacial score (nSPS) is 14.1. The van der Waals surface area contributed by atoms with E-state index in [9.17, 15) is 10.1 Å². The van der Waals surface area contributed by atoms with Crippen LogP contribution in [0.4, 0.5) is 11.4 Å². The van der Waals surface area contributed by atoms with Gasteiger partial charge in [-0.2, -0.15) is 0 Å². The molecule has 6 heteroatoms. The van der Waals surface area contributed by atoms with Gasteiger partial charge in [-0.15, -0.1) is 0 Å². The molecule has 1 fully saturated rings. The molecule has 4 rings (SSSR count). The molecule has 1 aliphatic rings. The molecule has 0 radical (unpaired) electrons. The van der Waals surface area contributed by atoms with Crippen LogP contribution in [0.5, 0.6) is 0 Å². The molecule has 0 saturated heterocycles.